The maximum atomic E-state index is 13.5. The average molecular weight is 391 g/mol. The number of carbonyl (C=O) groups is 1. The summed E-state index contributed by atoms with van der Waals surface area (Å²) in [7, 11) is -3.46. The maximum Gasteiger partial charge on any atom is 0.319 e. The van der Waals surface area contributed by atoms with Crippen molar-refractivity contribution in [2.24, 2.45) is 0 Å². The van der Waals surface area contributed by atoms with Crippen molar-refractivity contribution in [2.45, 2.75) is 30.7 Å². The molecule has 1 aliphatic rings. The highest BCUT2D eigenvalue weighted by atomic mass is 32.2. The number of nitrogens with zero attached hydrogens (tertiary/aromatic N) is 1. The van der Waals surface area contributed by atoms with Crippen LogP contribution in [0.4, 0.5) is 14.9 Å². The van der Waals surface area contributed by atoms with Gasteiger partial charge in [0.2, 0.25) is 10.0 Å². The van der Waals surface area contributed by atoms with Gasteiger partial charge in [0, 0.05) is 19.6 Å². The zero-order valence-electron chi connectivity index (χ0n) is 14.8. The van der Waals surface area contributed by atoms with Crippen LogP contribution >= 0.6 is 0 Å². The van der Waals surface area contributed by atoms with Gasteiger partial charge in [-0.25, -0.2) is 17.6 Å². The van der Waals surface area contributed by atoms with E-state index in [2.05, 4.69) is 10.6 Å². The highest BCUT2D eigenvalue weighted by molar-refractivity contribution is 7.89. The summed E-state index contributed by atoms with van der Waals surface area (Å²) in [5.74, 6) is -0.514. The lowest BCUT2D eigenvalue weighted by Gasteiger charge is -2.25. The van der Waals surface area contributed by atoms with Crippen LogP contribution < -0.4 is 10.6 Å². The molecule has 1 heterocycles. The van der Waals surface area contributed by atoms with E-state index in [0.717, 1.165) is 24.8 Å². The second-order valence-electron chi connectivity index (χ2n) is 6.40. The van der Waals surface area contributed by atoms with E-state index in [-0.39, 0.29) is 17.1 Å². The number of anilines is 1. The molecule has 2 aromatic carbocycles. The summed E-state index contributed by atoms with van der Waals surface area (Å²) in [6, 6.07) is 11.8. The van der Waals surface area contributed by atoms with Crippen LogP contribution in [0.15, 0.2) is 53.4 Å². The predicted octanol–water partition coefficient (Wildman–Crippen LogP) is 3.32. The number of benzene rings is 2. The molecule has 27 heavy (non-hydrogen) atoms. The largest absolute Gasteiger partial charge is 0.334 e. The van der Waals surface area contributed by atoms with Gasteiger partial charge in [-0.2, -0.15) is 4.31 Å². The zero-order valence-corrected chi connectivity index (χ0v) is 15.6. The second-order valence-corrected chi connectivity index (χ2v) is 8.33. The van der Waals surface area contributed by atoms with Crippen molar-refractivity contribution in [3.05, 3.63) is 59.9 Å². The second kappa shape index (κ2) is 8.49. The summed E-state index contributed by atoms with van der Waals surface area (Å²) in [5, 5.41) is 5.05. The van der Waals surface area contributed by atoms with Crippen molar-refractivity contribution >= 4 is 21.7 Å². The van der Waals surface area contributed by atoms with Gasteiger partial charge < -0.3 is 10.6 Å². The highest BCUT2D eigenvalue weighted by Gasteiger charge is 2.25. The molecule has 0 radical (unpaired) electrons. The lowest BCUT2D eigenvalue weighted by Crippen LogP contribution is -2.35. The van der Waals surface area contributed by atoms with Crippen molar-refractivity contribution in [3.63, 3.8) is 0 Å². The van der Waals surface area contributed by atoms with Crippen LogP contribution in [0.25, 0.3) is 0 Å². The standard InChI is InChI=1S/C19H22FN3O3S/c20-17-6-2-3-7-18(17)22-19(24)21-14-15-8-10-16(11-9-15)27(25,26)23-12-4-1-5-13-23/h2-3,6-11H,1,4-5,12-14H2,(H2,21,22,24). The van der Waals surface area contributed by atoms with Gasteiger partial charge in [0.25, 0.3) is 0 Å². The van der Waals surface area contributed by atoms with Gasteiger partial charge in [0.15, 0.2) is 0 Å². The number of hydrogen-bond donors (Lipinski definition) is 2. The van der Waals surface area contributed by atoms with E-state index in [4.69, 9.17) is 0 Å². The minimum absolute atomic E-state index is 0.0953. The van der Waals surface area contributed by atoms with Crippen LogP contribution in [-0.4, -0.2) is 31.8 Å². The Balaban J connectivity index is 1.57. The molecule has 2 amide bonds. The van der Waals surface area contributed by atoms with Gasteiger partial charge in [-0.3, -0.25) is 0 Å². The van der Waals surface area contributed by atoms with Crippen molar-refractivity contribution in [1.82, 2.24) is 9.62 Å². The zero-order chi connectivity index (χ0) is 19.3. The number of sulfonamides is 1. The van der Waals surface area contributed by atoms with Crippen LogP contribution in [0, 0.1) is 5.82 Å². The Kier molecular flexibility index (Phi) is 6.08. The van der Waals surface area contributed by atoms with E-state index >= 15 is 0 Å². The van der Waals surface area contributed by atoms with E-state index in [1.807, 2.05) is 0 Å². The quantitative estimate of drug-likeness (QED) is 0.821. The minimum Gasteiger partial charge on any atom is -0.334 e. The highest BCUT2D eigenvalue weighted by Crippen LogP contribution is 2.21. The van der Waals surface area contributed by atoms with Gasteiger partial charge in [0.05, 0.1) is 10.6 Å². The Morgan fingerprint density at radius 3 is 2.33 bits per heavy atom. The number of halogens is 1. The summed E-state index contributed by atoms with van der Waals surface area (Å²) >= 11 is 0. The van der Waals surface area contributed by atoms with Crippen molar-refractivity contribution in [2.75, 3.05) is 18.4 Å². The molecule has 6 nitrogen and oxygen atoms in total. The Labute approximate surface area is 158 Å². The van der Waals surface area contributed by atoms with Gasteiger partial charge >= 0.3 is 6.03 Å². The van der Waals surface area contributed by atoms with Crippen LogP contribution in [-0.2, 0) is 16.6 Å². The van der Waals surface area contributed by atoms with Crippen LogP contribution in [0.5, 0.6) is 0 Å². The molecule has 8 heteroatoms. The molecule has 2 aromatic rings. The maximum absolute atomic E-state index is 13.5. The van der Waals surface area contributed by atoms with E-state index in [1.165, 1.54) is 22.5 Å². The number of carbonyl (C=O) groups excluding carboxylic acids is 1. The number of nitrogens with one attached hydrogen (secondary N) is 2. The monoisotopic (exact) mass is 391 g/mol. The smallest absolute Gasteiger partial charge is 0.319 e. The number of urea groups is 1. The van der Waals surface area contributed by atoms with Crippen molar-refractivity contribution in [1.29, 1.82) is 0 Å². The molecule has 0 bridgehead atoms. The van der Waals surface area contributed by atoms with E-state index in [1.54, 1.807) is 30.3 Å². The molecule has 1 aliphatic heterocycles. The third kappa shape index (κ3) is 4.84. The third-order valence-electron chi connectivity index (χ3n) is 4.45. The summed E-state index contributed by atoms with van der Waals surface area (Å²) in [6.07, 6.45) is 2.84. The van der Waals surface area contributed by atoms with Gasteiger partial charge in [-0.15, -0.1) is 0 Å². The molecule has 3 rings (SSSR count). The van der Waals surface area contributed by atoms with E-state index in [9.17, 15) is 17.6 Å². The molecular weight excluding hydrogens is 369 g/mol. The van der Waals surface area contributed by atoms with E-state index in [0.29, 0.717) is 13.1 Å². The Hall–Kier alpha value is -2.45. The van der Waals surface area contributed by atoms with Gasteiger partial charge in [-0.05, 0) is 42.7 Å². The number of piperidine rings is 1. The summed E-state index contributed by atoms with van der Waals surface area (Å²) < 4.78 is 40.3. The van der Waals surface area contributed by atoms with Crippen LogP contribution in [0.2, 0.25) is 0 Å². The first-order valence-corrected chi connectivity index (χ1v) is 10.3. The first-order chi connectivity index (χ1) is 13.0. The molecule has 0 aromatic heterocycles. The number of hydrogen-bond acceptors (Lipinski definition) is 3. The Bertz CT molecular complexity index is 895. The topological polar surface area (TPSA) is 78.5 Å². The molecule has 0 spiro atoms. The predicted molar refractivity (Wildman–Crippen MR) is 101 cm³/mol. The van der Waals surface area contributed by atoms with Crippen LogP contribution in [0.1, 0.15) is 24.8 Å². The molecule has 1 fully saturated rings. The first kappa shape index (κ1) is 19.3. The fourth-order valence-corrected chi connectivity index (χ4v) is 4.46. The number of amides is 2. The minimum atomic E-state index is -3.46. The Morgan fingerprint density at radius 1 is 1.00 bits per heavy atom. The SMILES string of the molecule is O=C(NCc1ccc(S(=O)(=O)N2CCCCC2)cc1)Nc1ccccc1F. The summed E-state index contributed by atoms with van der Waals surface area (Å²) in [6.45, 7) is 1.31. The van der Waals surface area contributed by atoms with Gasteiger partial charge in [0.1, 0.15) is 5.82 Å². The third-order valence-corrected chi connectivity index (χ3v) is 6.36. The molecule has 144 valence electrons. The lowest BCUT2D eigenvalue weighted by atomic mass is 10.2. The molecular formula is C19H22FN3O3S. The van der Waals surface area contributed by atoms with E-state index < -0.39 is 21.9 Å². The summed E-state index contributed by atoms with van der Waals surface area (Å²) in [5.41, 5.74) is 0.842. The molecule has 1 saturated heterocycles. The molecule has 2 N–H and O–H groups in total. The summed E-state index contributed by atoms with van der Waals surface area (Å²) in [4.78, 5) is 12.1. The molecule has 0 saturated carbocycles. The van der Waals surface area contributed by atoms with Crippen molar-refractivity contribution in [3.8, 4) is 0 Å². The van der Waals surface area contributed by atoms with Crippen LogP contribution in [0.3, 0.4) is 0 Å². The Morgan fingerprint density at radius 2 is 1.67 bits per heavy atom. The molecule has 0 aliphatic carbocycles. The van der Waals surface area contributed by atoms with Gasteiger partial charge in [-0.1, -0.05) is 30.7 Å². The fraction of sp³-hybridized carbons (Fsp3) is 0.316. The average Bonchev–Trinajstić information content (AvgIpc) is 2.69. The number of para-hydroxylation sites is 1. The lowest BCUT2D eigenvalue weighted by molar-refractivity contribution is 0.251. The molecule has 0 atom stereocenters. The number of rotatable bonds is 5. The normalized spacial score (nSPS) is 15.3. The fourth-order valence-electron chi connectivity index (χ4n) is 2.95. The first-order valence-electron chi connectivity index (χ1n) is 8.85. The molecule has 0 unspecified atom stereocenters. The van der Waals surface area contributed by atoms with Crippen molar-refractivity contribution < 1.29 is 17.6 Å².